The minimum absolute atomic E-state index is 0.0848. The van der Waals surface area contributed by atoms with Crippen LogP contribution in [-0.2, 0) is 11.9 Å². The van der Waals surface area contributed by atoms with E-state index in [2.05, 4.69) is 15.9 Å². The lowest BCUT2D eigenvalue weighted by Gasteiger charge is -2.14. The Bertz CT molecular complexity index is 603. The molecule has 0 heterocycles. The number of ether oxygens (including phenoxy) is 1. The third-order valence-electron chi connectivity index (χ3n) is 3.06. The van der Waals surface area contributed by atoms with E-state index >= 15 is 0 Å². The van der Waals surface area contributed by atoms with Crippen molar-refractivity contribution in [2.24, 2.45) is 0 Å². The maximum atomic E-state index is 13.5. The largest absolute Gasteiger partial charge is 0.488 e. The molecule has 0 atom stereocenters. The van der Waals surface area contributed by atoms with Gasteiger partial charge in [-0.3, -0.25) is 0 Å². The maximum absolute atomic E-state index is 13.5. The van der Waals surface area contributed by atoms with Gasteiger partial charge in [0.15, 0.2) is 0 Å². The van der Waals surface area contributed by atoms with Crippen molar-refractivity contribution in [3.63, 3.8) is 0 Å². The molecule has 1 nitrogen and oxygen atoms in total. The first-order valence-electron chi connectivity index (χ1n) is 6.24. The van der Waals surface area contributed by atoms with Gasteiger partial charge in [-0.2, -0.15) is 0 Å². The molecular formula is C16H15BrF2O. The number of rotatable bonds is 4. The van der Waals surface area contributed by atoms with Crippen LogP contribution >= 0.6 is 15.9 Å². The van der Waals surface area contributed by atoms with E-state index in [1.54, 1.807) is 0 Å². The Morgan fingerprint density at radius 3 is 2.25 bits per heavy atom. The second kappa shape index (κ2) is 6.35. The molecule has 0 bridgehead atoms. The summed E-state index contributed by atoms with van der Waals surface area (Å²) in [5.74, 6) is -0.420. The Morgan fingerprint density at radius 2 is 1.70 bits per heavy atom. The summed E-state index contributed by atoms with van der Waals surface area (Å²) in [6.07, 6.45) is 0. The second-order valence-corrected chi connectivity index (χ2v) is 5.28. The third-order valence-corrected chi connectivity index (χ3v) is 3.71. The minimum Gasteiger partial charge on any atom is -0.488 e. The molecule has 0 fully saturated rings. The van der Waals surface area contributed by atoms with Crippen LogP contribution in [0.5, 0.6) is 5.75 Å². The summed E-state index contributed by atoms with van der Waals surface area (Å²) < 4.78 is 32.1. The monoisotopic (exact) mass is 340 g/mol. The maximum Gasteiger partial charge on any atom is 0.132 e. The van der Waals surface area contributed by atoms with E-state index in [1.807, 2.05) is 26.0 Å². The SMILES string of the molecule is Cc1cc(CBr)cc(C)c1OCc1ccc(F)cc1F. The molecule has 2 aromatic rings. The molecular weight excluding hydrogens is 326 g/mol. The number of halogens is 3. The molecule has 0 aromatic heterocycles. The Hall–Kier alpha value is -1.42. The van der Waals surface area contributed by atoms with Crippen LogP contribution in [0.25, 0.3) is 0 Å². The first-order chi connectivity index (χ1) is 9.51. The highest BCUT2D eigenvalue weighted by atomic mass is 79.9. The Kier molecular flexibility index (Phi) is 4.76. The fraction of sp³-hybridized carbons (Fsp3) is 0.250. The van der Waals surface area contributed by atoms with Crippen molar-refractivity contribution in [1.29, 1.82) is 0 Å². The van der Waals surface area contributed by atoms with Crippen molar-refractivity contribution in [2.45, 2.75) is 25.8 Å². The van der Waals surface area contributed by atoms with Crippen LogP contribution in [0.1, 0.15) is 22.3 Å². The van der Waals surface area contributed by atoms with E-state index < -0.39 is 11.6 Å². The molecule has 0 spiro atoms. The number of aryl methyl sites for hydroxylation is 2. The summed E-state index contributed by atoms with van der Waals surface area (Å²) in [5.41, 5.74) is 3.51. The van der Waals surface area contributed by atoms with Crippen molar-refractivity contribution < 1.29 is 13.5 Å². The molecule has 0 aliphatic carbocycles. The van der Waals surface area contributed by atoms with Gasteiger partial charge in [-0.05, 0) is 42.7 Å². The predicted octanol–water partition coefficient (Wildman–Crippen LogP) is 5.06. The molecule has 0 aliphatic heterocycles. The summed E-state index contributed by atoms with van der Waals surface area (Å²) in [6.45, 7) is 3.99. The third kappa shape index (κ3) is 3.37. The predicted molar refractivity (Wildman–Crippen MR) is 79.2 cm³/mol. The topological polar surface area (TPSA) is 9.23 Å². The lowest BCUT2D eigenvalue weighted by molar-refractivity contribution is 0.295. The molecule has 2 rings (SSSR count). The molecule has 0 unspecified atom stereocenters. The lowest BCUT2D eigenvalue weighted by Crippen LogP contribution is -2.02. The molecule has 0 saturated heterocycles. The number of hydrogen-bond donors (Lipinski definition) is 0. The summed E-state index contributed by atoms with van der Waals surface area (Å²) in [7, 11) is 0. The highest BCUT2D eigenvalue weighted by molar-refractivity contribution is 9.08. The first kappa shape index (κ1) is 15.0. The van der Waals surface area contributed by atoms with E-state index in [9.17, 15) is 8.78 Å². The first-order valence-corrected chi connectivity index (χ1v) is 7.36. The van der Waals surface area contributed by atoms with Gasteiger partial charge in [-0.25, -0.2) is 8.78 Å². The van der Waals surface area contributed by atoms with E-state index in [1.165, 1.54) is 17.7 Å². The highest BCUT2D eigenvalue weighted by Gasteiger charge is 2.09. The number of alkyl halides is 1. The van der Waals surface area contributed by atoms with Gasteiger partial charge in [-0.15, -0.1) is 0 Å². The summed E-state index contributed by atoms with van der Waals surface area (Å²) in [5, 5.41) is 0.779. The van der Waals surface area contributed by atoms with Gasteiger partial charge in [0.1, 0.15) is 24.0 Å². The van der Waals surface area contributed by atoms with E-state index in [0.29, 0.717) is 5.56 Å². The molecule has 0 N–H and O–H groups in total. The van der Waals surface area contributed by atoms with Crippen LogP contribution in [0, 0.1) is 25.5 Å². The van der Waals surface area contributed by atoms with Crippen LogP contribution in [0.4, 0.5) is 8.78 Å². The van der Waals surface area contributed by atoms with Gasteiger partial charge in [0.25, 0.3) is 0 Å². The number of hydrogen-bond acceptors (Lipinski definition) is 1. The summed E-state index contributed by atoms with van der Waals surface area (Å²) in [6, 6.07) is 7.56. The van der Waals surface area contributed by atoms with E-state index in [0.717, 1.165) is 28.3 Å². The molecule has 0 aliphatic rings. The van der Waals surface area contributed by atoms with Crippen molar-refractivity contribution in [2.75, 3.05) is 0 Å². The van der Waals surface area contributed by atoms with E-state index in [4.69, 9.17) is 4.74 Å². The van der Waals surface area contributed by atoms with Gasteiger partial charge in [0.2, 0.25) is 0 Å². The molecule has 106 valence electrons. The lowest BCUT2D eigenvalue weighted by atomic mass is 10.1. The van der Waals surface area contributed by atoms with Gasteiger partial charge in [-0.1, -0.05) is 28.1 Å². The van der Waals surface area contributed by atoms with Crippen LogP contribution in [0.3, 0.4) is 0 Å². The smallest absolute Gasteiger partial charge is 0.132 e. The number of benzene rings is 2. The normalized spacial score (nSPS) is 10.7. The quantitative estimate of drug-likeness (QED) is 0.707. The molecule has 2 aromatic carbocycles. The zero-order chi connectivity index (χ0) is 14.7. The fourth-order valence-corrected chi connectivity index (χ4v) is 2.46. The summed E-state index contributed by atoms with van der Waals surface area (Å²) >= 11 is 3.42. The molecule has 20 heavy (non-hydrogen) atoms. The fourth-order valence-electron chi connectivity index (χ4n) is 2.13. The molecule has 0 saturated carbocycles. The molecule has 0 amide bonds. The van der Waals surface area contributed by atoms with Gasteiger partial charge < -0.3 is 4.74 Å². The second-order valence-electron chi connectivity index (χ2n) is 4.72. The van der Waals surface area contributed by atoms with Gasteiger partial charge in [0, 0.05) is 17.0 Å². The van der Waals surface area contributed by atoms with Crippen LogP contribution in [0.2, 0.25) is 0 Å². The van der Waals surface area contributed by atoms with Crippen LogP contribution in [-0.4, -0.2) is 0 Å². The van der Waals surface area contributed by atoms with Gasteiger partial charge in [0.05, 0.1) is 0 Å². The molecule has 4 heteroatoms. The zero-order valence-corrected chi connectivity index (χ0v) is 12.9. The van der Waals surface area contributed by atoms with E-state index in [-0.39, 0.29) is 6.61 Å². The minimum atomic E-state index is -0.586. The average Bonchev–Trinajstić information content (AvgIpc) is 2.39. The molecule has 0 radical (unpaired) electrons. The Balaban J connectivity index is 2.19. The average molecular weight is 341 g/mol. The van der Waals surface area contributed by atoms with Crippen LogP contribution < -0.4 is 4.74 Å². The standard InChI is InChI=1S/C16H15BrF2O/c1-10-5-12(8-17)6-11(2)16(10)20-9-13-3-4-14(18)7-15(13)19/h3-7H,8-9H2,1-2H3. The summed E-state index contributed by atoms with van der Waals surface area (Å²) in [4.78, 5) is 0. The van der Waals surface area contributed by atoms with Gasteiger partial charge >= 0.3 is 0 Å². The van der Waals surface area contributed by atoms with Crippen molar-refractivity contribution in [3.05, 3.63) is 64.2 Å². The van der Waals surface area contributed by atoms with Crippen LogP contribution in [0.15, 0.2) is 30.3 Å². The Labute approximate surface area is 125 Å². The highest BCUT2D eigenvalue weighted by Crippen LogP contribution is 2.27. The van der Waals surface area contributed by atoms with Crippen molar-refractivity contribution in [1.82, 2.24) is 0 Å². The zero-order valence-electron chi connectivity index (χ0n) is 11.3. The van der Waals surface area contributed by atoms with Crippen molar-refractivity contribution >= 4 is 15.9 Å². The Morgan fingerprint density at radius 1 is 1.05 bits per heavy atom. The van der Waals surface area contributed by atoms with Crippen molar-refractivity contribution in [3.8, 4) is 5.75 Å².